The molecule has 7 rings (SSSR count). The van der Waals surface area contributed by atoms with Gasteiger partial charge in [-0.25, -0.2) is 4.79 Å². The van der Waals surface area contributed by atoms with E-state index in [4.69, 9.17) is 61.6 Å². The second-order valence-electron chi connectivity index (χ2n) is 19.5. The highest BCUT2D eigenvalue weighted by Crippen LogP contribution is 2.39. The first kappa shape index (κ1) is 60.9. The van der Waals surface area contributed by atoms with Crippen LogP contribution in [0.5, 0.6) is 0 Å². The molecule has 0 aromatic heterocycles. The number of hydrogen-bond donors (Lipinski definition) is 19. The molecule has 7 aliphatic heterocycles. The molecule has 0 bridgehead atoms. The van der Waals surface area contributed by atoms with E-state index in [1.165, 1.54) is 27.7 Å². The molecule has 0 aliphatic carbocycles. The lowest BCUT2D eigenvalue weighted by molar-refractivity contribution is -0.421. The summed E-state index contributed by atoms with van der Waals surface area (Å²) in [5, 5.41) is 206. The molecule has 35 atom stereocenters. The highest BCUT2D eigenvalue weighted by molar-refractivity contribution is 5.73. The topological polar surface area (TPSA) is 521 Å². The van der Waals surface area contributed by atoms with Gasteiger partial charge in [0.2, 0.25) is 0 Å². The minimum absolute atomic E-state index is 0.990. The van der Waals surface area contributed by atoms with Crippen molar-refractivity contribution in [3.63, 3.8) is 0 Å². The van der Waals surface area contributed by atoms with Crippen LogP contribution in [-0.2, 0) is 66.4 Å². The molecule has 7 fully saturated rings. The van der Waals surface area contributed by atoms with Gasteiger partial charge in [-0.1, -0.05) is 0 Å². The van der Waals surface area contributed by atoms with Crippen LogP contribution < -0.4 is 0 Å². The molecule has 7 aliphatic rings. The average Bonchev–Trinajstić information content (AvgIpc) is 3.37. The van der Waals surface area contributed by atoms with E-state index in [-0.39, 0.29) is 0 Å². The molecule has 75 heavy (non-hydrogen) atoms. The van der Waals surface area contributed by atoms with Crippen molar-refractivity contribution in [2.24, 2.45) is 0 Å². The third-order valence-corrected chi connectivity index (χ3v) is 14.4. The molecule has 0 aromatic carbocycles. The third kappa shape index (κ3) is 12.3. The SMILES string of the molecule is C[C@@H]1O[C@@H](O[C@@H]2[C@@H](O)[C@H](O[C@H]3[C@H](O[C@@H]4[C@H](O)[C@@H](O)[C@H](C)O[C@H]4O)O[C@@H](C)[C@H](O)[C@H]3O[C@@H]3O[C@@H](C)[C@H](O)[C@@H](O[C@@H]4O[C@H](C(=O)O)[C@@H](O)[C@H](O)[C@H]4O)[C@H]3O[C@@H]3O[C@H](CO)[C@@H](O)[C@H](O)[C@H]3O)O[C@H](CO)[C@H]2O)[C@H](O)[C@H](O)[C@H]1O. The maximum Gasteiger partial charge on any atom is 0.335 e. The van der Waals surface area contributed by atoms with Gasteiger partial charge in [0.1, 0.15) is 140 Å². The second kappa shape index (κ2) is 24.9. The van der Waals surface area contributed by atoms with Crippen molar-refractivity contribution in [1.82, 2.24) is 0 Å². The van der Waals surface area contributed by atoms with Crippen LogP contribution in [-0.4, -0.2) is 331 Å². The summed E-state index contributed by atoms with van der Waals surface area (Å²) in [5.74, 6) is -1.84. The van der Waals surface area contributed by atoms with Crippen molar-refractivity contribution in [3.05, 3.63) is 0 Å². The zero-order valence-corrected chi connectivity index (χ0v) is 40.3. The number of aliphatic hydroxyl groups is 18. The standard InChI is InChI=1S/C42H70O33/c1-7-14(46)22(54)32(36(62)63-7)73-42-34(75-40-27(59)28(18(50)12(6-44)68-40)69-37-24(56)19(51)13(45)8(2)64-37)30(16(48)10(4)66-42)71-41-33(74-38-25(57)20(52)17(49)11(5-43)67-38)29(15(47)9(3)65-41)70-39-26(58)21(53)23(55)31(72-39)35(60)61/h7-34,36-59,62H,5-6H2,1-4H3,(H,60,61)/t7-,8-,9-,10-,11+,12+,13-,14-,15-,16-,17+,18+,19+,20-,21-,22+,23-,24+,25+,26+,27+,28-,29+,30+,31-,32+,33+,34+,36+,37-,38-,39+,40-,41-,42-/m0/s1. The Hall–Kier alpha value is -1.77. The number of rotatable bonds is 15. The normalized spacial score (nSPS) is 55.1. The minimum Gasteiger partial charge on any atom is -0.479 e. The molecule has 19 N–H and O–H groups in total. The molecule has 0 aromatic rings. The van der Waals surface area contributed by atoms with E-state index < -0.39 is 234 Å². The Morgan fingerprint density at radius 1 is 0.320 bits per heavy atom. The Bertz CT molecular complexity index is 1830. The van der Waals surface area contributed by atoms with Crippen LogP contribution in [0.25, 0.3) is 0 Å². The van der Waals surface area contributed by atoms with Crippen molar-refractivity contribution in [2.75, 3.05) is 13.2 Å². The largest absolute Gasteiger partial charge is 0.479 e. The number of carboxylic acids is 1. The second-order valence-corrected chi connectivity index (χ2v) is 19.5. The summed E-state index contributed by atoms with van der Waals surface area (Å²) < 4.78 is 75.7. The van der Waals surface area contributed by atoms with Gasteiger partial charge in [0.15, 0.2) is 50.1 Å². The first-order chi connectivity index (χ1) is 35.2. The quantitative estimate of drug-likeness (QED) is 0.0724. The van der Waals surface area contributed by atoms with E-state index in [9.17, 15) is 102 Å². The molecule has 7 saturated heterocycles. The molecular weight excluding hydrogens is 1030 g/mol. The fourth-order valence-corrected chi connectivity index (χ4v) is 9.68. The van der Waals surface area contributed by atoms with Crippen LogP contribution in [0.15, 0.2) is 0 Å². The minimum atomic E-state index is -2.28. The maximum absolute atomic E-state index is 12.1. The van der Waals surface area contributed by atoms with Crippen LogP contribution in [0.1, 0.15) is 27.7 Å². The van der Waals surface area contributed by atoms with Crippen LogP contribution in [0.4, 0.5) is 0 Å². The Morgan fingerprint density at radius 2 is 0.667 bits per heavy atom. The van der Waals surface area contributed by atoms with Gasteiger partial charge in [0, 0.05) is 0 Å². The van der Waals surface area contributed by atoms with E-state index in [1.54, 1.807) is 0 Å². The van der Waals surface area contributed by atoms with Gasteiger partial charge in [-0.15, -0.1) is 0 Å². The summed E-state index contributed by atoms with van der Waals surface area (Å²) in [6, 6.07) is 0. The molecule has 7 heterocycles. The molecule has 0 amide bonds. The van der Waals surface area contributed by atoms with E-state index in [0.29, 0.717) is 0 Å². The smallest absolute Gasteiger partial charge is 0.335 e. The maximum atomic E-state index is 12.1. The summed E-state index contributed by atoms with van der Waals surface area (Å²) in [4.78, 5) is 12.1. The Morgan fingerprint density at radius 3 is 1.17 bits per heavy atom. The van der Waals surface area contributed by atoms with Gasteiger partial charge >= 0.3 is 5.97 Å². The fourth-order valence-electron chi connectivity index (χ4n) is 9.68. The zero-order valence-electron chi connectivity index (χ0n) is 40.3. The molecule has 0 spiro atoms. The van der Waals surface area contributed by atoms with Gasteiger partial charge in [-0.05, 0) is 27.7 Å². The summed E-state index contributed by atoms with van der Waals surface area (Å²) in [6.07, 6.45) is -68.7. The molecular formula is C42H70O33. The number of hydrogen-bond acceptors (Lipinski definition) is 32. The molecule has 436 valence electrons. The molecule has 0 radical (unpaired) electrons. The number of carbonyl (C=O) groups is 1. The summed E-state index contributed by atoms with van der Waals surface area (Å²) >= 11 is 0. The van der Waals surface area contributed by atoms with Gasteiger partial charge in [-0.3, -0.25) is 0 Å². The van der Waals surface area contributed by atoms with Crippen LogP contribution in [0.2, 0.25) is 0 Å². The average molecular weight is 1100 g/mol. The summed E-state index contributed by atoms with van der Waals surface area (Å²) in [6.45, 7) is 3.04. The zero-order chi connectivity index (χ0) is 55.4. The van der Waals surface area contributed by atoms with Crippen molar-refractivity contribution in [2.45, 2.75) is 243 Å². The lowest BCUT2D eigenvalue weighted by Gasteiger charge is -2.52. The van der Waals surface area contributed by atoms with Crippen molar-refractivity contribution in [3.8, 4) is 0 Å². The molecule has 0 saturated carbocycles. The monoisotopic (exact) mass is 1100 g/mol. The number of aliphatic hydroxyl groups excluding tert-OH is 18. The lowest BCUT2D eigenvalue weighted by Crippen LogP contribution is -2.69. The number of carboxylic acid groups (broad SMARTS) is 1. The summed E-state index contributed by atoms with van der Waals surface area (Å²) in [5.41, 5.74) is 0. The third-order valence-electron chi connectivity index (χ3n) is 14.4. The predicted molar refractivity (Wildman–Crippen MR) is 227 cm³/mol. The molecule has 0 unspecified atom stereocenters. The van der Waals surface area contributed by atoms with Gasteiger partial charge in [-0.2, -0.15) is 0 Å². The molecule has 33 nitrogen and oxygen atoms in total. The van der Waals surface area contributed by atoms with E-state index in [1.807, 2.05) is 0 Å². The van der Waals surface area contributed by atoms with Gasteiger partial charge < -0.3 is 159 Å². The van der Waals surface area contributed by atoms with Gasteiger partial charge in [0.25, 0.3) is 0 Å². The number of ether oxygens (including phenoxy) is 13. The van der Waals surface area contributed by atoms with Crippen LogP contribution >= 0.6 is 0 Å². The van der Waals surface area contributed by atoms with Crippen molar-refractivity contribution < 1.29 is 163 Å². The Balaban J connectivity index is 1.28. The Kier molecular flexibility index (Phi) is 20.2. The van der Waals surface area contributed by atoms with Crippen molar-refractivity contribution in [1.29, 1.82) is 0 Å². The van der Waals surface area contributed by atoms with Crippen molar-refractivity contribution >= 4 is 5.97 Å². The number of aliphatic carboxylic acids is 1. The molecule has 33 heteroatoms. The lowest BCUT2D eigenvalue weighted by atomic mass is 9.95. The Labute approximate surface area is 424 Å². The van der Waals surface area contributed by atoms with E-state index >= 15 is 0 Å². The first-order valence-corrected chi connectivity index (χ1v) is 24.1. The summed E-state index contributed by atoms with van der Waals surface area (Å²) in [7, 11) is 0. The first-order valence-electron chi connectivity index (χ1n) is 24.1. The highest BCUT2D eigenvalue weighted by atomic mass is 16.8. The van der Waals surface area contributed by atoms with Crippen LogP contribution in [0, 0.1) is 0 Å². The fraction of sp³-hybridized carbons (Fsp3) is 0.976. The van der Waals surface area contributed by atoms with Gasteiger partial charge in [0.05, 0.1) is 37.6 Å². The predicted octanol–water partition coefficient (Wildman–Crippen LogP) is -12.1. The highest BCUT2D eigenvalue weighted by Gasteiger charge is 2.60. The van der Waals surface area contributed by atoms with E-state index in [0.717, 1.165) is 0 Å². The van der Waals surface area contributed by atoms with E-state index in [2.05, 4.69) is 0 Å². The van der Waals surface area contributed by atoms with Crippen LogP contribution in [0.3, 0.4) is 0 Å².